The van der Waals surface area contributed by atoms with Crippen LogP contribution in [-0.2, 0) is 16.1 Å². The number of hydrogen-bond donors (Lipinski definition) is 1. The molecule has 0 saturated carbocycles. The Balaban J connectivity index is 1.74. The predicted octanol–water partition coefficient (Wildman–Crippen LogP) is 5.42. The highest BCUT2D eigenvalue weighted by atomic mass is 19.1. The zero-order chi connectivity index (χ0) is 27.2. The first-order valence-corrected chi connectivity index (χ1v) is 11.9. The smallest absolute Gasteiger partial charge is 0.345 e. The summed E-state index contributed by atoms with van der Waals surface area (Å²) in [6.07, 6.45) is 2.95. The number of amides is 1. The van der Waals surface area contributed by atoms with Crippen molar-refractivity contribution in [3.63, 3.8) is 0 Å². The molecule has 2 aromatic carbocycles. The van der Waals surface area contributed by atoms with E-state index >= 15 is 4.39 Å². The monoisotopic (exact) mass is 521 g/mol. The normalized spacial score (nSPS) is 13.3. The molecule has 1 N–H and O–H groups in total. The number of carbonyl (C=O) groups excluding carboxylic acids is 2. The van der Waals surface area contributed by atoms with E-state index in [-0.39, 0.29) is 53.7 Å². The summed E-state index contributed by atoms with van der Waals surface area (Å²) in [4.78, 5) is 25.2. The van der Waals surface area contributed by atoms with Crippen molar-refractivity contribution in [3.05, 3.63) is 82.6 Å². The summed E-state index contributed by atoms with van der Waals surface area (Å²) < 4.78 is 42.5. The fourth-order valence-electron chi connectivity index (χ4n) is 4.26. The maximum Gasteiger partial charge on any atom is 0.345 e. The van der Waals surface area contributed by atoms with Gasteiger partial charge in [0.15, 0.2) is 0 Å². The molecule has 1 amide bonds. The number of hydrogen-bond acceptors (Lipinski definition) is 7. The molecule has 0 spiro atoms. The molecule has 1 aliphatic rings. The maximum absolute atomic E-state index is 15.9. The minimum absolute atomic E-state index is 0.139. The summed E-state index contributed by atoms with van der Waals surface area (Å²) in [5.74, 6) is 0.101. The molecule has 8 nitrogen and oxygen atoms in total. The van der Waals surface area contributed by atoms with Gasteiger partial charge in [-0.2, -0.15) is 0 Å². The second-order valence-electron chi connectivity index (χ2n) is 8.32. The second-order valence-corrected chi connectivity index (χ2v) is 8.32. The standard InChI is InChI=1S/C29H28FNO7/c1-5-37-29(33)27-24(35-3)12-17(13-25(27)36-4)11-22-20-9-8-18(34-2)14-21(20)23(28(22)30)15-26(32)31-16-19-7-6-10-38-19/h6-14H,5,15-16H2,1-4H3,(H,31,32). The number of allylic oxidation sites excluding steroid dienone is 2. The van der Waals surface area contributed by atoms with Crippen LogP contribution in [0.4, 0.5) is 4.39 Å². The molecule has 0 saturated heterocycles. The molecule has 38 heavy (non-hydrogen) atoms. The van der Waals surface area contributed by atoms with E-state index < -0.39 is 11.8 Å². The Morgan fingerprint density at radius 2 is 1.74 bits per heavy atom. The molecule has 0 radical (unpaired) electrons. The molecule has 1 aromatic heterocycles. The minimum Gasteiger partial charge on any atom is -0.497 e. The number of carbonyl (C=O) groups is 2. The number of furan rings is 1. The second kappa shape index (κ2) is 11.7. The van der Waals surface area contributed by atoms with Gasteiger partial charge in [-0.05, 0) is 72.2 Å². The van der Waals surface area contributed by atoms with Crippen molar-refractivity contribution >= 4 is 29.1 Å². The maximum atomic E-state index is 15.9. The molecular weight excluding hydrogens is 493 g/mol. The van der Waals surface area contributed by atoms with Crippen LogP contribution in [0, 0.1) is 0 Å². The summed E-state index contributed by atoms with van der Waals surface area (Å²) >= 11 is 0. The van der Waals surface area contributed by atoms with Gasteiger partial charge in [0.2, 0.25) is 5.91 Å². The van der Waals surface area contributed by atoms with E-state index in [0.29, 0.717) is 28.2 Å². The van der Waals surface area contributed by atoms with Crippen LogP contribution in [0.1, 0.15) is 46.2 Å². The number of fused-ring (bicyclic) bond motifs is 1. The van der Waals surface area contributed by atoms with Crippen LogP contribution in [0.3, 0.4) is 0 Å². The largest absolute Gasteiger partial charge is 0.497 e. The number of rotatable bonds is 10. The highest BCUT2D eigenvalue weighted by Gasteiger charge is 2.29. The minimum atomic E-state index is -0.590. The Morgan fingerprint density at radius 1 is 1.00 bits per heavy atom. The van der Waals surface area contributed by atoms with Gasteiger partial charge >= 0.3 is 5.97 Å². The van der Waals surface area contributed by atoms with Gasteiger partial charge in [0.1, 0.15) is 34.4 Å². The third kappa shape index (κ3) is 5.41. The zero-order valence-corrected chi connectivity index (χ0v) is 21.6. The van der Waals surface area contributed by atoms with Gasteiger partial charge < -0.3 is 28.7 Å². The predicted molar refractivity (Wildman–Crippen MR) is 140 cm³/mol. The van der Waals surface area contributed by atoms with E-state index in [2.05, 4.69) is 5.32 Å². The van der Waals surface area contributed by atoms with Gasteiger partial charge in [-0.15, -0.1) is 0 Å². The summed E-state index contributed by atoms with van der Waals surface area (Å²) in [5.41, 5.74) is 2.35. The lowest BCUT2D eigenvalue weighted by molar-refractivity contribution is -0.120. The Bertz CT molecular complexity index is 1380. The van der Waals surface area contributed by atoms with Gasteiger partial charge in [-0.1, -0.05) is 0 Å². The molecule has 0 atom stereocenters. The van der Waals surface area contributed by atoms with Crippen molar-refractivity contribution in [2.24, 2.45) is 0 Å². The highest BCUT2D eigenvalue weighted by Crippen LogP contribution is 2.46. The molecule has 0 bridgehead atoms. The Morgan fingerprint density at radius 3 is 2.34 bits per heavy atom. The zero-order valence-electron chi connectivity index (χ0n) is 21.6. The number of esters is 1. The van der Waals surface area contributed by atoms with Crippen LogP contribution in [0.2, 0.25) is 0 Å². The van der Waals surface area contributed by atoms with Crippen LogP contribution >= 0.6 is 0 Å². The van der Waals surface area contributed by atoms with Crippen molar-refractivity contribution in [1.29, 1.82) is 0 Å². The average molecular weight is 522 g/mol. The van der Waals surface area contributed by atoms with Crippen LogP contribution in [0.25, 0.3) is 17.2 Å². The molecule has 4 rings (SSSR count). The molecule has 1 aliphatic carbocycles. The Kier molecular flexibility index (Phi) is 8.15. The SMILES string of the molecule is CCOC(=O)c1c(OC)cc(C=C2C(F)=C(CC(=O)NCc3ccco3)c3cc(OC)ccc32)cc1OC. The fourth-order valence-corrected chi connectivity index (χ4v) is 4.26. The van der Waals surface area contributed by atoms with E-state index in [1.54, 1.807) is 55.5 Å². The summed E-state index contributed by atoms with van der Waals surface area (Å²) in [7, 11) is 4.36. The Hall–Kier alpha value is -4.53. The molecule has 0 unspecified atom stereocenters. The fraction of sp³-hybridized carbons (Fsp3) is 0.241. The van der Waals surface area contributed by atoms with Gasteiger partial charge in [-0.25, -0.2) is 9.18 Å². The van der Waals surface area contributed by atoms with Crippen molar-refractivity contribution < 1.29 is 37.3 Å². The topological polar surface area (TPSA) is 96.2 Å². The number of nitrogens with one attached hydrogen (secondary N) is 1. The lowest BCUT2D eigenvalue weighted by atomic mass is 10.00. The molecular formula is C29H28FNO7. The highest BCUT2D eigenvalue weighted by molar-refractivity contribution is 6.08. The van der Waals surface area contributed by atoms with Gasteiger partial charge in [0.25, 0.3) is 0 Å². The van der Waals surface area contributed by atoms with E-state index in [9.17, 15) is 9.59 Å². The number of methoxy groups -OCH3 is 3. The lowest BCUT2D eigenvalue weighted by Crippen LogP contribution is -2.22. The molecule has 3 aromatic rings. The van der Waals surface area contributed by atoms with Gasteiger partial charge in [0, 0.05) is 11.1 Å². The van der Waals surface area contributed by atoms with Gasteiger partial charge in [-0.3, -0.25) is 4.79 Å². The van der Waals surface area contributed by atoms with Crippen LogP contribution in [0.5, 0.6) is 17.2 Å². The molecule has 9 heteroatoms. The first-order chi connectivity index (χ1) is 18.4. The Labute approximate surface area is 219 Å². The summed E-state index contributed by atoms with van der Waals surface area (Å²) in [6.45, 7) is 2.08. The average Bonchev–Trinajstić information content (AvgIpc) is 3.54. The summed E-state index contributed by atoms with van der Waals surface area (Å²) in [6, 6.07) is 11.9. The number of ether oxygens (including phenoxy) is 4. The van der Waals surface area contributed by atoms with Crippen LogP contribution in [-0.4, -0.2) is 39.8 Å². The van der Waals surface area contributed by atoms with Gasteiger partial charge in [0.05, 0.1) is 47.2 Å². The van der Waals surface area contributed by atoms with E-state index in [1.807, 2.05) is 0 Å². The third-order valence-corrected chi connectivity index (χ3v) is 6.04. The van der Waals surface area contributed by atoms with Crippen molar-refractivity contribution in [1.82, 2.24) is 5.32 Å². The van der Waals surface area contributed by atoms with Crippen molar-refractivity contribution in [3.8, 4) is 17.2 Å². The molecule has 0 aliphatic heterocycles. The molecule has 1 heterocycles. The quantitative estimate of drug-likeness (QED) is 0.356. The lowest BCUT2D eigenvalue weighted by Gasteiger charge is -2.14. The molecule has 198 valence electrons. The van der Waals surface area contributed by atoms with E-state index in [1.165, 1.54) is 27.6 Å². The van der Waals surface area contributed by atoms with E-state index in [0.717, 1.165) is 0 Å². The van der Waals surface area contributed by atoms with Crippen molar-refractivity contribution in [2.75, 3.05) is 27.9 Å². The van der Waals surface area contributed by atoms with Crippen molar-refractivity contribution in [2.45, 2.75) is 19.9 Å². The first kappa shape index (κ1) is 26.5. The summed E-state index contributed by atoms with van der Waals surface area (Å²) in [5, 5.41) is 2.75. The number of benzene rings is 2. The molecule has 0 fully saturated rings. The first-order valence-electron chi connectivity index (χ1n) is 11.9. The van der Waals surface area contributed by atoms with Crippen LogP contribution in [0.15, 0.2) is 59.0 Å². The van der Waals surface area contributed by atoms with E-state index in [4.69, 9.17) is 23.4 Å². The number of halogens is 1. The van der Waals surface area contributed by atoms with Crippen LogP contribution < -0.4 is 19.5 Å². The third-order valence-electron chi connectivity index (χ3n) is 6.04.